The summed E-state index contributed by atoms with van der Waals surface area (Å²) in [6.07, 6.45) is 0. The molecule has 3 atom stereocenters. The summed E-state index contributed by atoms with van der Waals surface area (Å²) < 4.78 is 0. The zero-order valence-electron chi connectivity index (χ0n) is 39.3. The Morgan fingerprint density at radius 3 is 1.35 bits per heavy atom. The van der Waals surface area contributed by atoms with E-state index in [1.54, 1.807) is 0 Å². The molecule has 0 N–H and O–H groups in total. The molecule has 330 valence electrons. The van der Waals surface area contributed by atoms with Gasteiger partial charge in [0.1, 0.15) is 0 Å². The molecule has 16 rings (SSSR count). The number of benzene rings is 12. The Bertz CT molecular complexity index is 4500. The van der Waals surface area contributed by atoms with Crippen LogP contribution in [0.4, 0.5) is 0 Å². The molecule has 0 nitrogen and oxygen atoms in total. The summed E-state index contributed by atoms with van der Waals surface area (Å²) >= 11 is 0. The maximum atomic E-state index is 2.57. The van der Waals surface area contributed by atoms with E-state index in [0.717, 1.165) is 0 Å². The predicted molar refractivity (Wildman–Crippen MR) is 309 cm³/mol. The zero-order chi connectivity index (χ0) is 46.7. The highest BCUT2D eigenvalue weighted by atomic mass is 31.1. The van der Waals surface area contributed by atoms with Gasteiger partial charge in [-0.05, 0) is 140 Å². The lowest BCUT2D eigenvalue weighted by molar-refractivity contribution is 0.801. The average Bonchev–Trinajstić information content (AvgIpc) is 4.11. The number of aryl methyl sites for hydroxylation is 2. The molecule has 0 saturated carbocycles. The van der Waals surface area contributed by atoms with E-state index in [0.29, 0.717) is 0 Å². The van der Waals surface area contributed by atoms with E-state index in [1.165, 1.54) is 152 Å². The van der Waals surface area contributed by atoms with Crippen LogP contribution in [0.15, 0.2) is 231 Å². The van der Waals surface area contributed by atoms with Gasteiger partial charge in [-0.25, -0.2) is 0 Å². The second-order valence-corrected chi connectivity index (χ2v) is 24.0. The van der Waals surface area contributed by atoms with Gasteiger partial charge in [0.05, 0.1) is 5.41 Å². The molecule has 12 aromatic carbocycles. The van der Waals surface area contributed by atoms with E-state index in [4.69, 9.17) is 0 Å². The smallest absolute Gasteiger partial charge is 0.0731 e. The van der Waals surface area contributed by atoms with Gasteiger partial charge in [-0.15, -0.1) is 15.1 Å². The molecule has 0 bridgehead atoms. The average molecular weight is 935 g/mol. The molecule has 1 spiro atoms. The van der Waals surface area contributed by atoms with Gasteiger partial charge in [0, 0.05) is 31.2 Å². The van der Waals surface area contributed by atoms with Crippen LogP contribution in [-0.4, -0.2) is 0 Å². The van der Waals surface area contributed by atoms with Crippen molar-refractivity contribution in [3.63, 3.8) is 0 Å². The molecule has 2 heteroatoms. The van der Waals surface area contributed by atoms with E-state index in [-0.39, 0.29) is 0 Å². The van der Waals surface area contributed by atoms with Crippen LogP contribution in [0.3, 0.4) is 0 Å². The molecule has 3 unspecified atom stereocenters. The van der Waals surface area contributed by atoms with Crippen molar-refractivity contribution >= 4 is 89.4 Å². The largest absolute Gasteiger partial charge is 0.112 e. The molecular weight excluding hydrogens is 891 g/mol. The van der Waals surface area contributed by atoms with E-state index >= 15 is 0 Å². The fraction of sp³-hybridized carbons (Fsp3) is 0.0435. The third-order valence-electron chi connectivity index (χ3n) is 16.8. The number of hydrogen-bond donors (Lipinski definition) is 0. The third-order valence-corrected chi connectivity index (χ3v) is 21.2. The second-order valence-electron chi connectivity index (χ2n) is 19.9. The minimum absolute atomic E-state index is 0.463. The monoisotopic (exact) mass is 934 g/mol. The first-order valence-electron chi connectivity index (χ1n) is 24.9. The molecule has 0 amide bonds. The van der Waals surface area contributed by atoms with Crippen molar-refractivity contribution in [2.45, 2.75) is 5.41 Å². The van der Waals surface area contributed by atoms with Gasteiger partial charge in [0.15, 0.2) is 0 Å². The van der Waals surface area contributed by atoms with Crippen LogP contribution < -0.4 is 0 Å². The van der Waals surface area contributed by atoms with Crippen LogP contribution in [0.2, 0.25) is 0 Å². The Balaban J connectivity index is 1.08. The Labute approximate surface area is 414 Å². The highest BCUT2D eigenvalue weighted by Gasteiger charge is 2.53. The molecule has 2 aliphatic carbocycles. The summed E-state index contributed by atoms with van der Waals surface area (Å²) in [5.74, 6) is 0. The van der Waals surface area contributed by atoms with Crippen LogP contribution in [0, 0.1) is 0 Å². The lowest BCUT2D eigenvalue weighted by atomic mass is 9.69. The molecule has 0 radical (unpaired) electrons. The highest BCUT2D eigenvalue weighted by molar-refractivity contribution is 7.60. The number of fused-ring (bicyclic) bond motifs is 20. The van der Waals surface area contributed by atoms with E-state index in [1.807, 2.05) is 0 Å². The van der Waals surface area contributed by atoms with Crippen molar-refractivity contribution in [1.29, 1.82) is 0 Å². The third kappa shape index (κ3) is 5.07. The van der Waals surface area contributed by atoms with Gasteiger partial charge in [-0.2, -0.15) is 0 Å². The van der Waals surface area contributed by atoms with Gasteiger partial charge in [-0.3, -0.25) is 0 Å². The van der Waals surface area contributed by atoms with Crippen LogP contribution in [0.5, 0.6) is 0 Å². The SMILES string of the molecule is Cp1c2ccccc2c2c(-c3cccc4c(-c5cccc6c5-c5ccccc5C65c6ccccc6-c6ccc7ccccc7c65)c5cccc(-c6cccc7c6c6ccccc6p7C)c5cc34)cccc21. The van der Waals surface area contributed by atoms with Crippen LogP contribution >= 0.6 is 15.1 Å². The topological polar surface area (TPSA) is 0 Å². The molecule has 2 heterocycles. The first kappa shape index (κ1) is 39.8. The van der Waals surface area contributed by atoms with Gasteiger partial charge in [-0.1, -0.05) is 224 Å². The van der Waals surface area contributed by atoms with Crippen LogP contribution in [0.1, 0.15) is 22.3 Å². The summed E-state index contributed by atoms with van der Waals surface area (Å²) in [5, 5.41) is 19.2. The first-order chi connectivity index (χ1) is 35.1. The lowest BCUT2D eigenvalue weighted by Gasteiger charge is -2.31. The normalized spacial score (nSPS) is 15.2. The number of rotatable bonds is 3. The highest BCUT2D eigenvalue weighted by Crippen LogP contribution is 2.66. The van der Waals surface area contributed by atoms with Crippen LogP contribution in [0.25, 0.3) is 130 Å². The van der Waals surface area contributed by atoms with Crippen molar-refractivity contribution < 1.29 is 0 Å². The maximum absolute atomic E-state index is 2.57. The van der Waals surface area contributed by atoms with Crippen molar-refractivity contribution in [3.05, 3.63) is 253 Å². The standard InChI is InChI=1S/C69H44P2/c1-70-60-34-11-7-22-52(60)66-46(28-16-36-62(66)70)43-24-13-26-48-55(43)40-56-44(47-29-17-37-63-67(47)53-23-8-12-35-61(53)71(63)2)25-14-27-49(56)64(48)54-30-15-33-59-65(54)51-21-6-10-32-58(51)69(59)57-31-9-5-20-45(57)50-39-38-41-18-3-4-19-42(41)68(50)69/h3-40H,1-2H3. The van der Waals surface area contributed by atoms with Crippen LogP contribution in [-0.2, 0) is 18.7 Å². The fourth-order valence-electron chi connectivity index (χ4n) is 14.0. The molecule has 71 heavy (non-hydrogen) atoms. The molecular formula is C69H44P2. The van der Waals surface area contributed by atoms with Crippen molar-refractivity contribution in [2.75, 3.05) is 0 Å². The summed E-state index contributed by atoms with van der Waals surface area (Å²) in [6, 6.07) is 88.9. The maximum Gasteiger partial charge on any atom is 0.0731 e. The fourth-order valence-corrected chi connectivity index (χ4v) is 18.0. The first-order valence-corrected chi connectivity index (χ1v) is 28.5. The van der Waals surface area contributed by atoms with Gasteiger partial charge in [0.25, 0.3) is 0 Å². The molecule has 0 saturated heterocycles. The van der Waals surface area contributed by atoms with Crippen molar-refractivity contribution in [3.8, 4) is 55.6 Å². The predicted octanol–water partition coefficient (Wildman–Crippen LogP) is 20.2. The van der Waals surface area contributed by atoms with E-state index in [2.05, 4.69) is 244 Å². The summed E-state index contributed by atoms with van der Waals surface area (Å²) in [6.45, 7) is 4.88. The van der Waals surface area contributed by atoms with E-state index < -0.39 is 20.5 Å². The van der Waals surface area contributed by atoms with Gasteiger partial charge < -0.3 is 0 Å². The second kappa shape index (κ2) is 14.5. The number of hydrogen-bond acceptors (Lipinski definition) is 0. The quantitative estimate of drug-likeness (QED) is 0.155. The lowest BCUT2D eigenvalue weighted by Crippen LogP contribution is -2.26. The minimum atomic E-state index is -0.502. The van der Waals surface area contributed by atoms with Gasteiger partial charge in [0.2, 0.25) is 0 Å². The Kier molecular flexibility index (Phi) is 8.16. The molecule has 0 aliphatic heterocycles. The summed E-state index contributed by atoms with van der Waals surface area (Å²) in [7, 11) is -0.925. The van der Waals surface area contributed by atoms with Crippen molar-refractivity contribution in [1.82, 2.24) is 0 Å². The minimum Gasteiger partial charge on any atom is -0.112 e. The Morgan fingerprint density at radius 1 is 0.268 bits per heavy atom. The molecule has 2 aliphatic rings. The molecule has 2 aromatic heterocycles. The zero-order valence-corrected chi connectivity index (χ0v) is 41.1. The summed E-state index contributed by atoms with van der Waals surface area (Å²) in [5.41, 5.74) is 18.1. The van der Waals surface area contributed by atoms with E-state index in [9.17, 15) is 0 Å². The van der Waals surface area contributed by atoms with Crippen molar-refractivity contribution in [2.24, 2.45) is 13.3 Å². The molecule has 14 aromatic rings. The van der Waals surface area contributed by atoms with Gasteiger partial charge >= 0.3 is 0 Å². The molecule has 0 fully saturated rings. The Morgan fingerprint density at radius 2 is 0.704 bits per heavy atom. The Hall–Kier alpha value is -7.98. The summed E-state index contributed by atoms with van der Waals surface area (Å²) in [4.78, 5) is 0.